The number of carbonyl (C=O) groups is 6. The van der Waals surface area contributed by atoms with Gasteiger partial charge in [-0.25, -0.2) is 9.48 Å². The summed E-state index contributed by atoms with van der Waals surface area (Å²) in [7, 11) is 0. The lowest BCUT2D eigenvalue weighted by Crippen LogP contribution is -2.55. The van der Waals surface area contributed by atoms with Crippen LogP contribution in [0.3, 0.4) is 0 Å². The molecule has 5 rings (SSSR count). The lowest BCUT2D eigenvalue weighted by Gasteiger charge is -2.35. The molecule has 2 atom stereocenters. The SMILES string of the molecule is O=C(O)CCC(NC(=O)c1cc(OCC(=O)N2CCC(C(=O)NC3CC3)C2)n(-c2ccccc2)n1)C(=O)N1CCN(C(=O)O)CC1. The average Bonchev–Trinajstić information content (AvgIpc) is 3.54. The third kappa shape index (κ3) is 8.11. The first-order valence-corrected chi connectivity index (χ1v) is 15.2. The molecule has 1 saturated carbocycles. The Bertz CT molecular complexity index is 1470. The molecule has 16 nitrogen and oxygen atoms in total. The van der Waals surface area contributed by atoms with Gasteiger partial charge in [0.1, 0.15) is 6.04 Å². The van der Waals surface area contributed by atoms with Gasteiger partial charge in [0.15, 0.2) is 12.3 Å². The van der Waals surface area contributed by atoms with Crippen LogP contribution in [0.1, 0.15) is 42.6 Å². The minimum absolute atomic E-state index is 0.0424. The third-order valence-electron chi connectivity index (χ3n) is 8.20. The highest BCUT2D eigenvalue weighted by Gasteiger charge is 2.35. The molecule has 1 aromatic carbocycles. The molecule has 246 valence electrons. The van der Waals surface area contributed by atoms with Crippen LogP contribution in [0.5, 0.6) is 5.88 Å². The van der Waals surface area contributed by atoms with Crippen LogP contribution in [-0.2, 0) is 19.2 Å². The van der Waals surface area contributed by atoms with Crippen molar-refractivity contribution in [1.82, 2.24) is 35.1 Å². The molecule has 2 aliphatic heterocycles. The van der Waals surface area contributed by atoms with Crippen LogP contribution in [0.4, 0.5) is 4.79 Å². The van der Waals surface area contributed by atoms with E-state index in [1.54, 1.807) is 35.2 Å². The molecule has 3 heterocycles. The number of carboxylic acid groups (broad SMARTS) is 2. The Kier molecular flexibility index (Phi) is 10.0. The summed E-state index contributed by atoms with van der Waals surface area (Å²) < 4.78 is 7.19. The summed E-state index contributed by atoms with van der Waals surface area (Å²) in [6.45, 7) is 0.737. The summed E-state index contributed by atoms with van der Waals surface area (Å²) in [5.74, 6) is -2.99. The van der Waals surface area contributed by atoms with Crippen LogP contribution >= 0.6 is 0 Å². The average molecular weight is 640 g/mol. The molecule has 4 N–H and O–H groups in total. The molecule has 2 aromatic rings. The summed E-state index contributed by atoms with van der Waals surface area (Å²) in [6, 6.07) is 9.13. The van der Waals surface area contributed by atoms with E-state index in [4.69, 9.17) is 4.74 Å². The van der Waals surface area contributed by atoms with Gasteiger partial charge in [-0.05, 0) is 37.8 Å². The van der Waals surface area contributed by atoms with Crippen molar-refractivity contribution in [2.24, 2.45) is 5.92 Å². The maximum Gasteiger partial charge on any atom is 0.407 e. The monoisotopic (exact) mass is 639 g/mol. The Morgan fingerprint density at radius 3 is 2.26 bits per heavy atom. The first kappa shape index (κ1) is 32.2. The van der Waals surface area contributed by atoms with Gasteiger partial charge in [-0.15, -0.1) is 0 Å². The van der Waals surface area contributed by atoms with Crippen LogP contribution in [0.2, 0.25) is 0 Å². The van der Waals surface area contributed by atoms with Gasteiger partial charge in [-0.3, -0.25) is 24.0 Å². The number of hydrogen-bond acceptors (Lipinski definition) is 8. The zero-order chi connectivity index (χ0) is 32.8. The van der Waals surface area contributed by atoms with Crippen molar-refractivity contribution in [3.63, 3.8) is 0 Å². The largest absolute Gasteiger partial charge is 0.481 e. The number of carbonyl (C=O) groups excluding carboxylic acids is 4. The summed E-state index contributed by atoms with van der Waals surface area (Å²) >= 11 is 0. The maximum absolute atomic E-state index is 13.4. The highest BCUT2D eigenvalue weighted by atomic mass is 16.5. The maximum atomic E-state index is 13.4. The number of benzene rings is 1. The van der Waals surface area contributed by atoms with E-state index >= 15 is 0 Å². The summed E-state index contributed by atoms with van der Waals surface area (Å²) in [5.41, 5.74) is 0.407. The Balaban J connectivity index is 1.26. The molecule has 16 heteroatoms. The zero-order valence-corrected chi connectivity index (χ0v) is 25.2. The van der Waals surface area contributed by atoms with Crippen LogP contribution in [-0.4, -0.2) is 128 Å². The summed E-state index contributed by atoms with van der Waals surface area (Å²) in [4.78, 5) is 78.8. The van der Waals surface area contributed by atoms with Gasteiger partial charge >= 0.3 is 12.1 Å². The molecular weight excluding hydrogens is 602 g/mol. The molecule has 3 fully saturated rings. The fourth-order valence-corrected chi connectivity index (χ4v) is 5.40. The van der Waals surface area contributed by atoms with E-state index in [1.165, 1.54) is 20.5 Å². The number of aromatic nitrogens is 2. The number of likely N-dealkylation sites (tertiary alicyclic amines) is 1. The number of amides is 5. The molecule has 1 aliphatic carbocycles. The van der Waals surface area contributed by atoms with E-state index in [2.05, 4.69) is 15.7 Å². The van der Waals surface area contributed by atoms with Gasteiger partial charge in [0.25, 0.3) is 11.8 Å². The van der Waals surface area contributed by atoms with Crippen LogP contribution in [0, 0.1) is 5.92 Å². The van der Waals surface area contributed by atoms with Crippen LogP contribution < -0.4 is 15.4 Å². The number of para-hydroxylation sites is 1. The molecule has 1 aromatic heterocycles. The molecular formula is C30H37N7O9. The topological polar surface area (TPSA) is 204 Å². The number of ether oxygens (including phenoxy) is 1. The van der Waals surface area contributed by atoms with Gasteiger partial charge in [-0.2, -0.15) is 5.10 Å². The van der Waals surface area contributed by atoms with E-state index in [0.717, 1.165) is 12.8 Å². The van der Waals surface area contributed by atoms with Crippen molar-refractivity contribution in [3.8, 4) is 11.6 Å². The Morgan fingerprint density at radius 1 is 0.913 bits per heavy atom. The smallest absolute Gasteiger partial charge is 0.407 e. The summed E-state index contributed by atoms with van der Waals surface area (Å²) in [5, 5.41) is 28.4. The predicted molar refractivity (Wildman–Crippen MR) is 159 cm³/mol. The van der Waals surface area contributed by atoms with E-state index in [1.807, 2.05) is 0 Å². The van der Waals surface area contributed by atoms with Crippen LogP contribution in [0.15, 0.2) is 36.4 Å². The highest BCUT2D eigenvalue weighted by Crippen LogP contribution is 2.24. The molecule has 46 heavy (non-hydrogen) atoms. The number of piperazine rings is 1. The third-order valence-corrected chi connectivity index (χ3v) is 8.20. The second-order valence-electron chi connectivity index (χ2n) is 11.6. The van der Waals surface area contributed by atoms with E-state index in [-0.39, 0.29) is 81.0 Å². The zero-order valence-electron chi connectivity index (χ0n) is 25.2. The quantitative estimate of drug-likeness (QED) is 0.248. The number of rotatable bonds is 12. The molecule has 3 aliphatic rings. The number of nitrogens with zero attached hydrogens (tertiary/aromatic N) is 5. The number of hydrogen-bond donors (Lipinski definition) is 4. The van der Waals surface area contributed by atoms with Gasteiger partial charge in [0.05, 0.1) is 11.6 Å². The molecule has 2 saturated heterocycles. The number of carboxylic acids is 1. The number of nitrogens with one attached hydrogen (secondary N) is 2. The van der Waals surface area contributed by atoms with Crippen molar-refractivity contribution < 1.29 is 43.7 Å². The minimum atomic E-state index is -1.20. The van der Waals surface area contributed by atoms with Gasteiger partial charge in [0, 0.05) is 57.8 Å². The predicted octanol–water partition coefficient (Wildman–Crippen LogP) is 0.164. The normalized spacial score (nSPS) is 18.5. The van der Waals surface area contributed by atoms with Crippen molar-refractivity contribution in [3.05, 3.63) is 42.1 Å². The van der Waals surface area contributed by atoms with E-state index < -0.39 is 29.9 Å². The van der Waals surface area contributed by atoms with E-state index in [9.17, 15) is 39.0 Å². The van der Waals surface area contributed by atoms with Gasteiger partial charge < -0.3 is 40.3 Å². The standard InChI is InChI=1S/C30H37N7O9/c38-24(36-11-10-19(17-36)27(41)31-20-6-7-20)18-46-25-16-23(33-37(25)21-4-2-1-3-5-21)28(42)32-22(8-9-26(39)40)29(43)34-12-14-35(15-13-34)30(44)45/h1-5,16,19-20,22H,6-15,17-18H2,(H,31,41)(H,32,42)(H,39,40)(H,44,45). The van der Waals surface area contributed by atoms with Gasteiger partial charge in [0.2, 0.25) is 17.7 Å². The second kappa shape index (κ2) is 14.3. The molecule has 0 bridgehead atoms. The van der Waals surface area contributed by atoms with Gasteiger partial charge in [-0.1, -0.05) is 18.2 Å². The van der Waals surface area contributed by atoms with E-state index in [0.29, 0.717) is 25.2 Å². The Hall–Kier alpha value is -5.15. The molecule has 0 spiro atoms. The molecule has 5 amide bonds. The van der Waals surface area contributed by atoms with Crippen molar-refractivity contribution in [2.75, 3.05) is 45.9 Å². The fourth-order valence-electron chi connectivity index (χ4n) is 5.40. The van der Waals surface area contributed by atoms with Crippen LogP contribution in [0.25, 0.3) is 5.69 Å². The summed E-state index contributed by atoms with van der Waals surface area (Å²) in [6.07, 6.45) is 0.849. The Morgan fingerprint density at radius 2 is 1.61 bits per heavy atom. The molecule has 0 radical (unpaired) electrons. The first-order chi connectivity index (χ1) is 22.1. The van der Waals surface area contributed by atoms with Crippen molar-refractivity contribution >= 4 is 35.7 Å². The fraction of sp³-hybridized carbons (Fsp3) is 0.500. The first-order valence-electron chi connectivity index (χ1n) is 15.2. The molecule has 2 unspecified atom stereocenters. The lowest BCUT2D eigenvalue weighted by atomic mass is 10.1. The van der Waals surface area contributed by atoms with Crippen molar-refractivity contribution in [2.45, 2.75) is 44.2 Å². The second-order valence-corrected chi connectivity index (χ2v) is 11.6. The lowest BCUT2D eigenvalue weighted by molar-refractivity contribution is -0.138. The minimum Gasteiger partial charge on any atom is -0.481 e. The van der Waals surface area contributed by atoms with Crippen molar-refractivity contribution in [1.29, 1.82) is 0 Å². The highest BCUT2D eigenvalue weighted by molar-refractivity contribution is 5.96. The number of aliphatic carboxylic acids is 1. The Labute approximate surface area is 264 Å².